The van der Waals surface area contributed by atoms with E-state index in [1.165, 1.54) is 7.11 Å². The Bertz CT molecular complexity index is 2210. The molecule has 402 valence electrons. The summed E-state index contributed by atoms with van der Waals surface area (Å²) in [5.74, 6) is -4.38. The molecule has 23 atom stereocenters. The van der Waals surface area contributed by atoms with Gasteiger partial charge >= 0.3 is 12.1 Å². The molecule has 5 fully saturated rings. The Morgan fingerprint density at radius 1 is 0.833 bits per heavy atom. The third-order valence-corrected chi connectivity index (χ3v) is 17.8. The van der Waals surface area contributed by atoms with Crippen molar-refractivity contribution >= 4 is 17.8 Å². The zero-order valence-corrected chi connectivity index (χ0v) is 43.7. The van der Waals surface area contributed by atoms with E-state index in [2.05, 4.69) is 31.3 Å². The van der Waals surface area contributed by atoms with E-state index in [1.54, 1.807) is 19.9 Å². The van der Waals surface area contributed by atoms with Crippen LogP contribution in [0, 0.1) is 46.8 Å². The minimum atomic E-state index is -1.73. The molecule has 8 N–H and O–H groups in total. The molecule has 4 heterocycles. The highest BCUT2D eigenvalue weighted by Gasteiger charge is 2.64. The van der Waals surface area contributed by atoms with E-state index in [1.807, 2.05) is 53.7 Å². The van der Waals surface area contributed by atoms with Crippen molar-refractivity contribution in [2.75, 3.05) is 13.7 Å². The van der Waals surface area contributed by atoms with E-state index in [4.69, 9.17) is 43.6 Å². The Balaban J connectivity index is 1.17. The van der Waals surface area contributed by atoms with Crippen molar-refractivity contribution in [1.29, 1.82) is 0 Å². The number of amides is 1. The maximum absolute atomic E-state index is 15.4. The number of alkyl carbamates (subject to hydrolysis) is 1. The van der Waals surface area contributed by atoms with E-state index >= 15 is 4.79 Å². The normalized spacial score (nSPS) is 48.5. The fourth-order valence-corrected chi connectivity index (χ4v) is 13.9. The lowest BCUT2D eigenvalue weighted by molar-refractivity contribution is -0.317. The molecule has 72 heavy (non-hydrogen) atoms. The number of allylic oxidation sites excluding steroid dienone is 3. The van der Waals surface area contributed by atoms with Crippen molar-refractivity contribution in [2.24, 2.45) is 52.6 Å². The Labute approximate surface area is 423 Å². The van der Waals surface area contributed by atoms with Crippen molar-refractivity contribution in [1.82, 2.24) is 5.32 Å². The Morgan fingerprint density at radius 2 is 1.50 bits per heavy atom. The van der Waals surface area contributed by atoms with Crippen LogP contribution in [0.2, 0.25) is 0 Å². The number of ether oxygens (including phenoxy) is 8. The lowest BCUT2D eigenvalue weighted by atomic mass is 9.49. The molecule has 0 aromatic rings. The van der Waals surface area contributed by atoms with Crippen LogP contribution in [-0.4, -0.2) is 148 Å². The number of fused-ring (bicyclic) bond motifs is 4. The summed E-state index contributed by atoms with van der Waals surface area (Å²) in [6.45, 7) is 18.7. The predicted octanol–water partition coefficient (Wildman–Crippen LogP) is 4.72. The first-order valence-electron chi connectivity index (χ1n) is 26.0. The van der Waals surface area contributed by atoms with Gasteiger partial charge in [-0.1, -0.05) is 63.6 Å². The smallest absolute Gasteiger partial charge is 0.407 e. The van der Waals surface area contributed by atoms with Gasteiger partial charge < -0.3 is 74.5 Å². The van der Waals surface area contributed by atoms with E-state index in [0.29, 0.717) is 18.4 Å². The number of esters is 1. The number of hydrogen-bond donors (Lipinski definition) is 7. The molecule has 18 heteroatoms. The quantitative estimate of drug-likeness (QED) is 0.0986. The molecule has 2 bridgehead atoms. The van der Waals surface area contributed by atoms with Gasteiger partial charge in [0.15, 0.2) is 24.5 Å². The number of Topliss-reactive ketones (excluding diaryl/α,β-unsaturated/α-hetero) is 1. The number of aliphatic hydroxyl groups excluding tert-OH is 5. The second-order valence-corrected chi connectivity index (χ2v) is 23.0. The van der Waals surface area contributed by atoms with Crippen LogP contribution in [0.15, 0.2) is 58.4 Å². The maximum Gasteiger partial charge on any atom is 0.407 e. The topological polar surface area (TPSA) is 264 Å². The number of methoxy groups -OCH3 is 1. The summed E-state index contributed by atoms with van der Waals surface area (Å²) in [5.41, 5.74) is 4.80. The first kappa shape index (κ1) is 54.7. The van der Waals surface area contributed by atoms with Crippen molar-refractivity contribution in [3.05, 3.63) is 58.4 Å². The van der Waals surface area contributed by atoms with Crippen LogP contribution < -0.4 is 11.1 Å². The summed E-state index contributed by atoms with van der Waals surface area (Å²) in [6, 6.07) is -0.586. The minimum Gasteiger partial charge on any atom is -0.511 e. The van der Waals surface area contributed by atoms with Gasteiger partial charge in [-0.3, -0.25) is 4.79 Å². The standard InChI is InChI=1S/C54H80N2O16/c1-24-12-15-37(69-41-22-52(9,55)47(31(8)68-41)56-51(64)65-11)25(2)17-33-18-32(23-57)28(5)21-54(33)49(62)42(50(63)72-54)48(61)53(10)35(24)14-13-34-43(53)26(3)16-27(4)46(34)71-40-20-38(45(60)30(7)67-40)70-39-19-36(58)44(59)29(6)66-39/h12-14,17-18,26-31,33-41,43-47,57-61H,15-16,19-23,55H2,1-11H3,(H,56,64)/b24-12+,25-17?,48-42?/t26-,27-,28+,29-,30-,31+,33+,34-,35-,36+,37-,38+,39-,40-,41-,43+,44-,45-,46-,47+,52-,53+,54-/m0/s1. The molecule has 0 radical (unpaired) electrons. The summed E-state index contributed by atoms with van der Waals surface area (Å²) < 4.78 is 49.9. The van der Waals surface area contributed by atoms with E-state index < -0.39 is 132 Å². The fraction of sp³-hybridized carbons (Fsp3) is 0.759. The highest BCUT2D eigenvalue weighted by Crippen LogP contribution is 2.61. The van der Waals surface area contributed by atoms with E-state index in [0.717, 1.165) is 11.1 Å². The maximum atomic E-state index is 15.4. The van der Waals surface area contributed by atoms with Gasteiger partial charge in [-0.25, -0.2) is 9.59 Å². The molecule has 4 aliphatic carbocycles. The Morgan fingerprint density at radius 3 is 2.15 bits per heavy atom. The zero-order valence-electron chi connectivity index (χ0n) is 43.7. The number of carbonyl (C=O) groups excluding carboxylic acids is 3. The molecular weight excluding hydrogens is 933 g/mol. The van der Waals surface area contributed by atoms with Crippen LogP contribution >= 0.6 is 0 Å². The number of nitrogens with one attached hydrogen (secondary N) is 1. The Kier molecular flexibility index (Phi) is 15.9. The largest absolute Gasteiger partial charge is 0.511 e. The fourth-order valence-electron chi connectivity index (χ4n) is 13.9. The molecule has 4 aliphatic heterocycles. The molecule has 0 aromatic carbocycles. The molecule has 1 spiro atoms. The number of carbonyl (C=O) groups is 3. The molecule has 18 nitrogen and oxygen atoms in total. The summed E-state index contributed by atoms with van der Waals surface area (Å²) >= 11 is 0. The number of hydrogen-bond acceptors (Lipinski definition) is 17. The number of rotatable bonds is 8. The van der Waals surface area contributed by atoms with Gasteiger partial charge in [-0.15, -0.1) is 0 Å². The van der Waals surface area contributed by atoms with Crippen molar-refractivity contribution in [3.63, 3.8) is 0 Å². The van der Waals surface area contributed by atoms with E-state index in [9.17, 15) is 35.1 Å². The van der Waals surface area contributed by atoms with Crippen LogP contribution in [-0.2, 0) is 47.5 Å². The van der Waals surface area contributed by atoms with E-state index in [-0.39, 0.29) is 67.3 Å². The van der Waals surface area contributed by atoms with Crippen LogP contribution in [0.4, 0.5) is 4.79 Å². The molecule has 0 unspecified atom stereocenters. The summed E-state index contributed by atoms with van der Waals surface area (Å²) in [6.07, 6.45) is 1.22. The van der Waals surface area contributed by atoms with Gasteiger partial charge in [0, 0.05) is 54.4 Å². The van der Waals surface area contributed by atoms with Gasteiger partial charge in [-0.2, -0.15) is 0 Å². The molecule has 4 saturated heterocycles. The number of nitrogens with two attached hydrogens (primary N) is 1. The zero-order chi connectivity index (χ0) is 52.5. The van der Waals surface area contributed by atoms with Crippen molar-refractivity contribution in [2.45, 2.75) is 199 Å². The van der Waals surface area contributed by atoms with Crippen molar-refractivity contribution in [3.8, 4) is 0 Å². The molecule has 1 amide bonds. The van der Waals surface area contributed by atoms with Crippen LogP contribution in [0.25, 0.3) is 0 Å². The average molecular weight is 1010 g/mol. The Hall–Kier alpha value is -3.53. The van der Waals surface area contributed by atoms with Crippen LogP contribution in [0.5, 0.6) is 0 Å². The lowest BCUT2D eigenvalue weighted by Gasteiger charge is -2.56. The van der Waals surface area contributed by atoms with Crippen LogP contribution in [0.3, 0.4) is 0 Å². The van der Waals surface area contributed by atoms with Gasteiger partial charge in [0.1, 0.15) is 23.5 Å². The third kappa shape index (κ3) is 9.92. The molecule has 0 aromatic heterocycles. The third-order valence-electron chi connectivity index (χ3n) is 17.8. The summed E-state index contributed by atoms with van der Waals surface area (Å²) in [4.78, 5) is 42.3. The first-order valence-corrected chi connectivity index (χ1v) is 26.0. The molecular formula is C54H80N2O16. The first-order chi connectivity index (χ1) is 33.8. The van der Waals surface area contributed by atoms with Gasteiger partial charge in [0.2, 0.25) is 5.78 Å². The van der Waals surface area contributed by atoms with Crippen LogP contribution in [0.1, 0.15) is 108 Å². The van der Waals surface area contributed by atoms with Crippen molar-refractivity contribution < 1.29 is 77.8 Å². The number of aliphatic hydroxyl groups is 5. The predicted molar refractivity (Wildman–Crippen MR) is 260 cm³/mol. The van der Waals surface area contributed by atoms with Gasteiger partial charge in [0.05, 0.1) is 62.5 Å². The monoisotopic (exact) mass is 1010 g/mol. The average Bonchev–Trinajstić information content (AvgIpc) is 3.55. The summed E-state index contributed by atoms with van der Waals surface area (Å²) in [5, 5.41) is 58.5. The highest BCUT2D eigenvalue weighted by atomic mass is 16.7. The minimum absolute atomic E-state index is 0.0199. The van der Waals surface area contributed by atoms with Gasteiger partial charge in [-0.05, 0) is 89.2 Å². The summed E-state index contributed by atoms with van der Waals surface area (Å²) in [7, 11) is 1.28. The second kappa shape index (κ2) is 20.9. The highest BCUT2D eigenvalue weighted by molar-refractivity contribution is 6.26. The molecule has 1 saturated carbocycles. The number of ketones is 1. The lowest BCUT2D eigenvalue weighted by Crippen LogP contribution is -2.66. The second-order valence-electron chi connectivity index (χ2n) is 23.0. The van der Waals surface area contributed by atoms with Gasteiger partial charge in [0.25, 0.3) is 0 Å². The SMILES string of the molecule is COC(=O)N[C@@H]1[C@@H](C)O[C@@H](O[C@H]2C/C=C(\C)[C@@H]3C=C[C@@H]4[C@@H](O[C@H]5C[C@@H](O[C@H]6C[C@@H](O)[C@@H](O)[C@H](C)O6)[C@@H](O)[C@H](C)O5)[C@@H](C)C[C@H](C)[C@H]4[C@]3(C)C(O)=C3C(=O)O[C@]4(C[C@@H](C)C(CO)=C[C@H]4C=C2C)C3=O)C[C@]1(C)N. The molecule has 8 rings (SSSR count). The molecule has 8 aliphatic rings.